The molecule has 6 heteroatoms. The number of carbonyl (C=O) groups is 1. The second-order valence-electron chi connectivity index (χ2n) is 7.39. The molecule has 0 bridgehead atoms. The van der Waals surface area contributed by atoms with Gasteiger partial charge in [0.1, 0.15) is 6.61 Å². The second-order valence-corrected chi connectivity index (χ2v) is 8.11. The first-order valence-corrected chi connectivity index (χ1v) is 10.7. The van der Waals surface area contributed by atoms with Crippen molar-refractivity contribution in [3.63, 3.8) is 0 Å². The fraction of sp³-hybridized carbons (Fsp3) is 0.524. The molecule has 1 saturated carbocycles. The van der Waals surface area contributed by atoms with Crippen LogP contribution in [0.5, 0.6) is 11.5 Å². The summed E-state index contributed by atoms with van der Waals surface area (Å²) >= 11 is 1.54. The molecular formula is C21H26N2O3S. The van der Waals surface area contributed by atoms with Crippen LogP contribution in [0.25, 0.3) is 0 Å². The first-order valence-electron chi connectivity index (χ1n) is 9.75. The molecule has 2 fully saturated rings. The zero-order valence-electron chi connectivity index (χ0n) is 15.7. The minimum Gasteiger partial charge on any atom is -0.493 e. The van der Waals surface area contributed by atoms with Crippen LogP contribution >= 0.6 is 11.3 Å². The van der Waals surface area contributed by atoms with Crippen molar-refractivity contribution in [2.75, 3.05) is 13.7 Å². The summed E-state index contributed by atoms with van der Waals surface area (Å²) in [5.41, 5.74) is 3.35. The monoisotopic (exact) mass is 386 g/mol. The summed E-state index contributed by atoms with van der Waals surface area (Å²) in [6.07, 6.45) is 7.32. The van der Waals surface area contributed by atoms with Gasteiger partial charge in [-0.15, -0.1) is 11.3 Å². The Bertz CT molecular complexity index is 776. The molecule has 1 aromatic heterocycles. The summed E-state index contributed by atoms with van der Waals surface area (Å²) in [4.78, 5) is 19.5. The van der Waals surface area contributed by atoms with E-state index in [4.69, 9.17) is 9.47 Å². The predicted molar refractivity (Wildman–Crippen MR) is 105 cm³/mol. The van der Waals surface area contributed by atoms with Crippen molar-refractivity contribution < 1.29 is 14.3 Å². The lowest BCUT2D eigenvalue weighted by Gasteiger charge is -2.44. The Kier molecular flexibility index (Phi) is 5.62. The van der Waals surface area contributed by atoms with Gasteiger partial charge in [-0.05, 0) is 49.8 Å². The zero-order valence-corrected chi connectivity index (χ0v) is 16.5. The maximum atomic E-state index is 13.2. The third kappa shape index (κ3) is 3.95. The highest BCUT2D eigenvalue weighted by molar-refractivity contribution is 7.07. The molecule has 1 saturated heterocycles. The van der Waals surface area contributed by atoms with E-state index in [2.05, 4.69) is 9.88 Å². The molecule has 1 amide bonds. The van der Waals surface area contributed by atoms with E-state index in [0.29, 0.717) is 35.6 Å². The Labute approximate surface area is 164 Å². The summed E-state index contributed by atoms with van der Waals surface area (Å²) in [6, 6.07) is 5.91. The average Bonchev–Trinajstić information content (AvgIpc) is 3.25. The third-order valence-corrected chi connectivity index (χ3v) is 6.41. The van der Waals surface area contributed by atoms with Gasteiger partial charge in [0.15, 0.2) is 11.5 Å². The van der Waals surface area contributed by atoms with Crippen LogP contribution in [0.1, 0.15) is 54.6 Å². The molecule has 1 aliphatic carbocycles. The molecule has 4 rings (SSSR count). The van der Waals surface area contributed by atoms with Gasteiger partial charge < -0.3 is 14.4 Å². The van der Waals surface area contributed by atoms with Crippen molar-refractivity contribution in [2.45, 2.75) is 51.2 Å². The number of ether oxygens (including phenoxy) is 2. The molecule has 2 atom stereocenters. The highest BCUT2D eigenvalue weighted by Gasteiger charge is 2.36. The lowest BCUT2D eigenvalue weighted by atomic mass is 9.78. The number of thiazole rings is 1. The fourth-order valence-corrected chi connectivity index (χ4v) is 4.97. The summed E-state index contributed by atoms with van der Waals surface area (Å²) in [7, 11) is 1.61. The van der Waals surface area contributed by atoms with Crippen LogP contribution in [0, 0.1) is 5.92 Å². The Balaban J connectivity index is 1.50. The predicted octanol–water partition coefficient (Wildman–Crippen LogP) is 4.53. The lowest BCUT2D eigenvalue weighted by Crippen LogP contribution is -2.49. The quantitative estimate of drug-likeness (QED) is 0.758. The van der Waals surface area contributed by atoms with E-state index in [1.54, 1.807) is 24.0 Å². The van der Waals surface area contributed by atoms with Crippen molar-refractivity contribution in [1.29, 1.82) is 0 Å². The van der Waals surface area contributed by atoms with Gasteiger partial charge in [-0.1, -0.05) is 12.8 Å². The number of hydrogen-bond donors (Lipinski definition) is 0. The number of piperidine rings is 1. The number of fused-ring (bicyclic) bond motifs is 1. The molecule has 5 nitrogen and oxygen atoms in total. The highest BCUT2D eigenvalue weighted by atomic mass is 32.1. The Morgan fingerprint density at radius 2 is 2.07 bits per heavy atom. The molecule has 0 radical (unpaired) electrons. The largest absolute Gasteiger partial charge is 0.493 e. The SMILES string of the molecule is COc1cc(C(=O)N2CCCC3CCCCC32)ccc1OCc1cscn1. The van der Waals surface area contributed by atoms with Crippen molar-refractivity contribution in [1.82, 2.24) is 9.88 Å². The number of nitrogens with zero attached hydrogens (tertiary/aromatic N) is 2. The van der Waals surface area contributed by atoms with Crippen LogP contribution in [0.3, 0.4) is 0 Å². The maximum absolute atomic E-state index is 13.2. The Hall–Kier alpha value is -2.08. The topological polar surface area (TPSA) is 51.7 Å². The number of rotatable bonds is 5. The molecule has 1 aromatic carbocycles. The van der Waals surface area contributed by atoms with Crippen LogP contribution < -0.4 is 9.47 Å². The van der Waals surface area contributed by atoms with Crippen LogP contribution in [0.4, 0.5) is 0 Å². The second kappa shape index (κ2) is 8.30. The molecule has 27 heavy (non-hydrogen) atoms. The van der Waals surface area contributed by atoms with Gasteiger partial charge in [0.2, 0.25) is 0 Å². The summed E-state index contributed by atoms with van der Waals surface area (Å²) < 4.78 is 11.3. The zero-order chi connectivity index (χ0) is 18.6. The van der Waals surface area contributed by atoms with Gasteiger partial charge in [0, 0.05) is 23.5 Å². The third-order valence-electron chi connectivity index (χ3n) is 5.77. The van der Waals surface area contributed by atoms with E-state index < -0.39 is 0 Å². The van der Waals surface area contributed by atoms with Gasteiger partial charge in [-0.25, -0.2) is 4.98 Å². The van der Waals surface area contributed by atoms with Crippen molar-refractivity contribution in [2.24, 2.45) is 5.92 Å². The molecule has 1 aliphatic heterocycles. The molecule has 2 aliphatic rings. The van der Waals surface area contributed by atoms with E-state index >= 15 is 0 Å². The van der Waals surface area contributed by atoms with E-state index in [1.165, 1.54) is 25.7 Å². The summed E-state index contributed by atoms with van der Waals surface area (Å²) in [6.45, 7) is 1.26. The number of amides is 1. The molecule has 0 N–H and O–H groups in total. The molecule has 2 heterocycles. The van der Waals surface area contributed by atoms with Gasteiger partial charge in [0.05, 0.1) is 18.3 Å². The van der Waals surface area contributed by atoms with Crippen LogP contribution in [-0.2, 0) is 6.61 Å². The van der Waals surface area contributed by atoms with Crippen LogP contribution in [0.15, 0.2) is 29.1 Å². The number of benzene rings is 1. The first kappa shape index (κ1) is 18.3. The minimum absolute atomic E-state index is 0.121. The van der Waals surface area contributed by atoms with E-state index in [1.807, 2.05) is 23.6 Å². The highest BCUT2D eigenvalue weighted by Crippen LogP contribution is 2.37. The van der Waals surface area contributed by atoms with Crippen molar-refractivity contribution >= 4 is 17.2 Å². The van der Waals surface area contributed by atoms with Crippen LogP contribution in [-0.4, -0.2) is 35.5 Å². The van der Waals surface area contributed by atoms with Gasteiger partial charge in [-0.2, -0.15) is 0 Å². The number of hydrogen-bond acceptors (Lipinski definition) is 5. The van der Waals surface area contributed by atoms with Gasteiger partial charge >= 0.3 is 0 Å². The first-order chi connectivity index (χ1) is 13.3. The number of likely N-dealkylation sites (tertiary alicyclic amines) is 1. The molecule has 2 aromatic rings. The standard InChI is InChI=1S/C21H26N2O3S/c1-25-20-11-16(8-9-19(20)26-12-17-13-27-14-22-17)21(24)23-10-4-6-15-5-2-3-7-18(15)23/h8-9,11,13-15,18H,2-7,10,12H2,1H3. The Morgan fingerprint density at radius 1 is 1.22 bits per heavy atom. The van der Waals surface area contributed by atoms with Crippen molar-refractivity contribution in [3.8, 4) is 11.5 Å². The fourth-order valence-electron chi connectivity index (χ4n) is 4.42. The smallest absolute Gasteiger partial charge is 0.254 e. The normalized spacial score (nSPS) is 22.2. The van der Waals surface area contributed by atoms with E-state index in [9.17, 15) is 4.79 Å². The summed E-state index contributed by atoms with van der Waals surface area (Å²) in [5, 5.41) is 1.96. The lowest BCUT2D eigenvalue weighted by molar-refractivity contribution is 0.0390. The van der Waals surface area contributed by atoms with Crippen molar-refractivity contribution in [3.05, 3.63) is 40.3 Å². The van der Waals surface area contributed by atoms with Gasteiger partial charge in [0.25, 0.3) is 5.91 Å². The summed E-state index contributed by atoms with van der Waals surface area (Å²) in [5.74, 6) is 2.03. The maximum Gasteiger partial charge on any atom is 0.254 e. The molecular weight excluding hydrogens is 360 g/mol. The van der Waals surface area contributed by atoms with E-state index in [0.717, 1.165) is 25.1 Å². The average molecular weight is 387 g/mol. The van der Waals surface area contributed by atoms with E-state index in [-0.39, 0.29) is 5.91 Å². The number of methoxy groups -OCH3 is 1. The van der Waals surface area contributed by atoms with Gasteiger partial charge in [-0.3, -0.25) is 4.79 Å². The minimum atomic E-state index is 0.121. The number of carbonyl (C=O) groups excluding carboxylic acids is 1. The molecule has 2 unspecified atom stereocenters. The van der Waals surface area contributed by atoms with Crippen LogP contribution in [0.2, 0.25) is 0 Å². The number of aromatic nitrogens is 1. The Morgan fingerprint density at radius 3 is 2.89 bits per heavy atom. The molecule has 0 spiro atoms. The molecule has 144 valence electrons.